The summed E-state index contributed by atoms with van der Waals surface area (Å²) in [6, 6.07) is 13.1. The zero-order chi connectivity index (χ0) is 17.9. The van der Waals surface area contributed by atoms with Gasteiger partial charge in [-0.05, 0) is 31.0 Å². The Bertz CT molecular complexity index is 927. The number of fused-ring (bicyclic) bond motifs is 1. The molecule has 3 aromatic rings. The van der Waals surface area contributed by atoms with Crippen molar-refractivity contribution in [1.29, 1.82) is 0 Å². The number of halogens is 1. The van der Waals surface area contributed by atoms with E-state index in [0.717, 1.165) is 42.9 Å². The van der Waals surface area contributed by atoms with Crippen molar-refractivity contribution in [3.63, 3.8) is 0 Å². The van der Waals surface area contributed by atoms with E-state index in [4.69, 9.17) is 4.98 Å². The zero-order valence-corrected chi connectivity index (χ0v) is 14.2. The van der Waals surface area contributed by atoms with Gasteiger partial charge in [-0.3, -0.25) is 0 Å². The molecule has 132 valence electrons. The summed E-state index contributed by atoms with van der Waals surface area (Å²) < 4.78 is 15.9. The second-order valence-electron chi connectivity index (χ2n) is 6.30. The minimum atomic E-state index is -0.494. The lowest BCUT2D eigenvalue weighted by Crippen LogP contribution is -2.20. The summed E-state index contributed by atoms with van der Waals surface area (Å²) in [5.74, 6) is 0.606. The Morgan fingerprint density at radius 1 is 1.00 bits per heavy atom. The first-order chi connectivity index (χ1) is 12.7. The lowest BCUT2D eigenvalue weighted by Gasteiger charge is -2.11. The van der Waals surface area contributed by atoms with E-state index in [-0.39, 0.29) is 5.69 Å². The van der Waals surface area contributed by atoms with Crippen LogP contribution in [0.4, 0.5) is 20.6 Å². The number of urea groups is 1. The topological polar surface area (TPSA) is 59.0 Å². The minimum Gasteiger partial charge on any atom is -0.334 e. The maximum Gasteiger partial charge on any atom is 0.323 e. The average molecular weight is 350 g/mol. The highest BCUT2D eigenvalue weighted by atomic mass is 19.1. The first-order valence-corrected chi connectivity index (χ1v) is 8.69. The van der Waals surface area contributed by atoms with Crippen LogP contribution in [0.15, 0.2) is 54.7 Å². The number of aryl methyl sites for hydroxylation is 2. The van der Waals surface area contributed by atoms with Crippen LogP contribution in [0.25, 0.3) is 11.3 Å². The van der Waals surface area contributed by atoms with Gasteiger partial charge in [0.15, 0.2) is 0 Å². The highest BCUT2D eigenvalue weighted by Gasteiger charge is 2.16. The SMILES string of the molecule is O=C(Nc1ccccc1F)Nc1ccccc1-c1cn2c(n1)CCCC2. The molecule has 2 amide bonds. The van der Waals surface area contributed by atoms with Crippen molar-refractivity contribution in [1.82, 2.24) is 9.55 Å². The van der Waals surface area contributed by atoms with E-state index in [0.29, 0.717) is 5.69 Å². The highest BCUT2D eigenvalue weighted by molar-refractivity contribution is 6.02. The number of rotatable bonds is 3. The summed E-state index contributed by atoms with van der Waals surface area (Å²) in [4.78, 5) is 17.0. The molecule has 0 saturated heterocycles. The predicted molar refractivity (Wildman–Crippen MR) is 99.6 cm³/mol. The molecule has 0 bridgehead atoms. The average Bonchev–Trinajstić information content (AvgIpc) is 3.08. The number of carbonyl (C=O) groups excluding carboxylic acids is 1. The Morgan fingerprint density at radius 3 is 2.54 bits per heavy atom. The normalized spacial score (nSPS) is 13.1. The lowest BCUT2D eigenvalue weighted by molar-refractivity contribution is 0.262. The van der Waals surface area contributed by atoms with E-state index in [1.54, 1.807) is 12.1 Å². The van der Waals surface area contributed by atoms with Crippen LogP contribution in [-0.2, 0) is 13.0 Å². The Hall–Kier alpha value is -3.15. The van der Waals surface area contributed by atoms with Crippen molar-refractivity contribution in [2.24, 2.45) is 0 Å². The zero-order valence-electron chi connectivity index (χ0n) is 14.2. The second-order valence-corrected chi connectivity index (χ2v) is 6.30. The van der Waals surface area contributed by atoms with Gasteiger partial charge in [0.25, 0.3) is 0 Å². The standard InChI is InChI=1S/C20H19FN4O/c21-15-8-2-4-10-17(15)24-20(26)23-16-9-3-1-7-14(16)18-13-25-12-6-5-11-19(25)22-18/h1-4,7-10,13H,5-6,11-12H2,(H2,23,24,26). The van der Waals surface area contributed by atoms with E-state index in [1.807, 2.05) is 30.5 Å². The fourth-order valence-electron chi connectivity index (χ4n) is 3.20. The van der Waals surface area contributed by atoms with Gasteiger partial charge in [-0.2, -0.15) is 0 Å². The van der Waals surface area contributed by atoms with Gasteiger partial charge >= 0.3 is 6.03 Å². The van der Waals surface area contributed by atoms with Crippen LogP contribution in [0.2, 0.25) is 0 Å². The molecule has 0 spiro atoms. The molecule has 0 unspecified atom stereocenters. The van der Waals surface area contributed by atoms with Gasteiger partial charge < -0.3 is 15.2 Å². The second kappa shape index (κ2) is 7.00. The van der Waals surface area contributed by atoms with E-state index >= 15 is 0 Å². The van der Waals surface area contributed by atoms with Crippen molar-refractivity contribution in [2.45, 2.75) is 25.8 Å². The quantitative estimate of drug-likeness (QED) is 0.721. The molecular weight excluding hydrogens is 331 g/mol. The van der Waals surface area contributed by atoms with E-state index in [2.05, 4.69) is 15.2 Å². The molecule has 2 aromatic carbocycles. The lowest BCUT2D eigenvalue weighted by atomic mass is 10.1. The largest absolute Gasteiger partial charge is 0.334 e. The van der Waals surface area contributed by atoms with Crippen LogP contribution >= 0.6 is 0 Å². The van der Waals surface area contributed by atoms with Gasteiger partial charge in [-0.25, -0.2) is 14.2 Å². The summed E-state index contributed by atoms with van der Waals surface area (Å²) in [7, 11) is 0. The van der Waals surface area contributed by atoms with Gasteiger partial charge in [-0.15, -0.1) is 0 Å². The Labute approximate surface area is 150 Å². The molecule has 5 nitrogen and oxygen atoms in total. The molecule has 2 heterocycles. The van der Waals surface area contributed by atoms with Crippen molar-refractivity contribution in [2.75, 3.05) is 10.6 Å². The minimum absolute atomic E-state index is 0.139. The molecule has 0 radical (unpaired) electrons. The van der Waals surface area contributed by atoms with E-state index < -0.39 is 11.8 Å². The monoisotopic (exact) mass is 350 g/mol. The maximum atomic E-state index is 13.7. The van der Waals surface area contributed by atoms with Crippen molar-refractivity contribution < 1.29 is 9.18 Å². The number of benzene rings is 2. The number of amides is 2. The number of nitrogens with one attached hydrogen (secondary N) is 2. The molecule has 4 rings (SSSR count). The predicted octanol–water partition coefficient (Wildman–Crippen LogP) is 4.67. The summed E-state index contributed by atoms with van der Waals surface area (Å²) >= 11 is 0. The van der Waals surface area contributed by atoms with Crippen LogP contribution in [0.3, 0.4) is 0 Å². The molecule has 2 N–H and O–H groups in total. The van der Waals surface area contributed by atoms with Gasteiger partial charge in [0, 0.05) is 24.7 Å². The molecule has 0 fully saturated rings. The van der Waals surface area contributed by atoms with Crippen LogP contribution in [0, 0.1) is 5.82 Å². The van der Waals surface area contributed by atoms with E-state index in [9.17, 15) is 9.18 Å². The first-order valence-electron chi connectivity index (χ1n) is 8.69. The number of anilines is 2. The van der Waals surface area contributed by atoms with E-state index in [1.165, 1.54) is 12.1 Å². The van der Waals surface area contributed by atoms with Gasteiger partial charge in [0.1, 0.15) is 11.6 Å². The number of hydrogen-bond donors (Lipinski definition) is 2. The number of imidazole rings is 1. The van der Waals surface area contributed by atoms with Crippen LogP contribution in [0.5, 0.6) is 0 Å². The molecule has 1 aliphatic rings. The molecule has 1 aliphatic heterocycles. The fourth-order valence-corrected chi connectivity index (χ4v) is 3.20. The summed E-state index contributed by atoms with van der Waals surface area (Å²) in [5, 5.41) is 5.33. The Kier molecular flexibility index (Phi) is 4.39. The highest BCUT2D eigenvalue weighted by Crippen LogP contribution is 2.29. The van der Waals surface area contributed by atoms with Crippen molar-refractivity contribution in [3.8, 4) is 11.3 Å². The van der Waals surface area contributed by atoms with Gasteiger partial charge in [-0.1, -0.05) is 30.3 Å². The summed E-state index contributed by atoms with van der Waals surface area (Å²) in [5.41, 5.74) is 2.46. The number of nitrogens with zero attached hydrogens (tertiary/aromatic N) is 2. The third-order valence-electron chi connectivity index (χ3n) is 4.48. The van der Waals surface area contributed by atoms with Crippen LogP contribution < -0.4 is 10.6 Å². The third kappa shape index (κ3) is 3.31. The molecular formula is C20H19FN4O. The number of aromatic nitrogens is 2. The van der Waals surface area contributed by atoms with Gasteiger partial charge in [0.2, 0.25) is 0 Å². The molecule has 26 heavy (non-hydrogen) atoms. The van der Waals surface area contributed by atoms with Gasteiger partial charge in [0.05, 0.1) is 17.1 Å². The number of hydrogen-bond acceptors (Lipinski definition) is 2. The van der Waals surface area contributed by atoms with Crippen LogP contribution in [0.1, 0.15) is 18.7 Å². The van der Waals surface area contributed by atoms with Crippen molar-refractivity contribution >= 4 is 17.4 Å². The molecule has 0 saturated carbocycles. The third-order valence-corrected chi connectivity index (χ3v) is 4.48. The molecule has 6 heteroatoms. The Balaban J connectivity index is 1.57. The first kappa shape index (κ1) is 16.3. The maximum absolute atomic E-state index is 13.7. The summed E-state index contributed by atoms with van der Waals surface area (Å²) in [6.07, 6.45) is 5.32. The number of carbonyl (C=O) groups is 1. The smallest absolute Gasteiger partial charge is 0.323 e. The molecule has 1 aromatic heterocycles. The van der Waals surface area contributed by atoms with Crippen molar-refractivity contribution in [3.05, 3.63) is 66.4 Å². The molecule has 0 atom stereocenters. The molecule has 0 aliphatic carbocycles. The Morgan fingerprint density at radius 2 is 1.73 bits per heavy atom. The van der Waals surface area contributed by atoms with Crippen LogP contribution in [-0.4, -0.2) is 15.6 Å². The number of para-hydroxylation sites is 2. The fraction of sp³-hybridized carbons (Fsp3) is 0.200. The summed E-state index contributed by atoms with van der Waals surface area (Å²) in [6.45, 7) is 0.978.